The lowest BCUT2D eigenvalue weighted by Crippen LogP contribution is -1.98. The summed E-state index contributed by atoms with van der Waals surface area (Å²) < 4.78 is 7.11. The van der Waals surface area contributed by atoms with Crippen LogP contribution in [-0.4, -0.2) is 14.9 Å². The Morgan fingerprint density at radius 3 is 2.87 bits per heavy atom. The van der Waals surface area contributed by atoms with E-state index in [9.17, 15) is 0 Å². The Balaban J connectivity index is 2.40. The smallest absolute Gasteiger partial charge is 0.170 e. The van der Waals surface area contributed by atoms with Gasteiger partial charge in [-0.2, -0.15) is 5.10 Å². The third-order valence-electron chi connectivity index (χ3n) is 2.44. The first-order valence-corrected chi connectivity index (χ1v) is 4.94. The number of nitrogens with two attached hydrogens (primary N) is 1. The van der Waals surface area contributed by atoms with E-state index in [2.05, 4.69) is 17.2 Å². The van der Waals surface area contributed by atoms with Crippen LogP contribution in [0.4, 0.5) is 0 Å². The predicted octanol–water partition coefficient (Wildman–Crippen LogP) is 1.33. The molecule has 0 spiro atoms. The van der Waals surface area contributed by atoms with E-state index < -0.39 is 0 Å². The van der Waals surface area contributed by atoms with Crippen LogP contribution in [0.15, 0.2) is 16.8 Å². The lowest BCUT2D eigenvalue weighted by Gasteiger charge is -1.98. The van der Waals surface area contributed by atoms with Crippen molar-refractivity contribution in [1.29, 1.82) is 0 Å². The molecule has 15 heavy (non-hydrogen) atoms. The normalized spacial score (nSPS) is 10.9. The number of nitrogens with zero attached hydrogens (tertiary/aromatic N) is 3. The lowest BCUT2D eigenvalue weighted by molar-refractivity contribution is 0.423. The number of aryl methyl sites for hydroxylation is 1. The molecule has 0 aliphatic carbocycles. The molecule has 80 valence electrons. The fraction of sp³-hybridized carbons (Fsp3) is 0.400. The van der Waals surface area contributed by atoms with E-state index in [-0.39, 0.29) is 0 Å². The van der Waals surface area contributed by atoms with E-state index in [0.29, 0.717) is 6.54 Å². The number of hydrogen-bond donors (Lipinski definition) is 1. The minimum Gasteiger partial charge on any atom is -0.356 e. The number of hydrogen-bond acceptors (Lipinski definition) is 4. The molecule has 0 saturated heterocycles. The second-order valence-electron chi connectivity index (χ2n) is 3.35. The highest BCUT2D eigenvalue weighted by molar-refractivity contribution is 5.59. The Labute approximate surface area is 87.9 Å². The summed E-state index contributed by atoms with van der Waals surface area (Å²) in [6.45, 7) is 5.31. The third-order valence-corrected chi connectivity index (χ3v) is 2.44. The van der Waals surface area contributed by atoms with E-state index in [1.807, 2.05) is 17.7 Å². The highest BCUT2D eigenvalue weighted by Gasteiger charge is 2.12. The number of rotatable bonds is 3. The van der Waals surface area contributed by atoms with Crippen molar-refractivity contribution in [2.24, 2.45) is 5.73 Å². The molecule has 0 aromatic carbocycles. The summed E-state index contributed by atoms with van der Waals surface area (Å²) in [6.07, 6.45) is 1.79. The minimum atomic E-state index is 0.393. The summed E-state index contributed by atoms with van der Waals surface area (Å²) in [7, 11) is 0. The van der Waals surface area contributed by atoms with Crippen LogP contribution >= 0.6 is 0 Å². The zero-order chi connectivity index (χ0) is 10.8. The fourth-order valence-corrected chi connectivity index (χ4v) is 1.54. The van der Waals surface area contributed by atoms with Gasteiger partial charge in [-0.25, -0.2) is 0 Å². The zero-order valence-electron chi connectivity index (χ0n) is 8.90. The first kappa shape index (κ1) is 9.92. The third kappa shape index (κ3) is 1.66. The van der Waals surface area contributed by atoms with Gasteiger partial charge in [0.1, 0.15) is 0 Å². The van der Waals surface area contributed by atoms with Gasteiger partial charge in [0.2, 0.25) is 0 Å². The monoisotopic (exact) mass is 206 g/mol. The summed E-state index contributed by atoms with van der Waals surface area (Å²) in [6, 6.07) is 1.85. The van der Waals surface area contributed by atoms with Gasteiger partial charge in [0.15, 0.2) is 5.76 Å². The maximum atomic E-state index is 5.47. The van der Waals surface area contributed by atoms with Gasteiger partial charge in [0, 0.05) is 24.8 Å². The van der Waals surface area contributed by atoms with Gasteiger partial charge in [0.05, 0.1) is 17.5 Å². The molecule has 0 atom stereocenters. The van der Waals surface area contributed by atoms with Crippen molar-refractivity contribution in [3.8, 4) is 11.3 Å². The molecule has 0 bridgehead atoms. The van der Waals surface area contributed by atoms with E-state index in [4.69, 9.17) is 10.3 Å². The molecule has 0 aliphatic rings. The van der Waals surface area contributed by atoms with Crippen LogP contribution < -0.4 is 5.73 Å². The summed E-state index contributed by atoms with van der Waals surface area (Å²) >= 11 is 0. The molecule has 0 fully saturated rings. The molecule has 0 unspecified atom stereocenters. The molecule has 0 radical (unpaired) electrons. The topological polar surface area (TPSA) is 69.9 Å². The van der Waals surface area contributed by atoms with E-state index in [0.717, 1.165) is 29.3 Å². The van der Waals surface area contributed by atoms with Crippen LogP contribution in [0.5, 0.6) is 0 Å². The second-order valence-corrected chi connectivity index (χ2v) is 3.35. The van der Waals surface area contributed by atoms with Gasteiger partial charge in [-0.15, -0.1) is 0 Å². The summed E-state index contributed by atoms with van der Waals surface area (Å²) in [5, 5.41) is 8.09. The molecule has 5 heteroatoms. The Morgan fingerprint density at radius 2 is 2.33 bits per heavy atom. The zero-order valence-corrected chi connectivity index (χ0v) is 8.90. The van der Waals surface area contributed by atoms with Gasteiger partial charge in [-0.3, -0.25) is 4.68 Å². The first-order chi connectivity index (χ1) is 7.26. The molecule has 2 aromatic rings. The van der Waals surface area contributed by atoms with Crippen molar-refractivity contribution >= 4 is 0 Å². The highest BCUT2D eigenvalue weighted by Crippen LogP contribution is 2.23. The Bertz CT molecular complexity index is 458. The lowest BCUT2D eigenvalue weighted by atomic mass is 10.2. The van der Waals surface area contributed by atoms with Crippen molar-refractivity contribution in [2.45, 2.75) is 26.9 Å². The van der Waals surface area contributed by atoms with E-state index >= 15 is 0 Å². The maximum absolute atomic E-state index is 5.47. The van der Waals surface area contributed by atoms with Crippen LogP contribution in [0.3, 0.4) is 0 Å². The van der Waals surface area contributed by atoms with Gasteiger partial charge in [-0.1, -0.05) is 5.16 Å². The molecule has 0 saturated carbocycles. The quantitative estimate of drug-likeness (QED) is 0.822. The summed E-state index contributed by atoms with van der Waals surface area (Å²) in [5.41, 5.74) is 8.28. The molecule has 0 amide bonds. The SMILES string of the molecule is CCn1ncc(-c2cc(CN)no2)c1C. The van der Waals surface area contributed by atoms with Gasteiger partial charge >= 0.3 is 0 Å². The minimum absolute atomic E-state index is 0.393. The van der Waals surface area contributed by atoms with Crippen molar-refractivity contribution in [1.82, 2.24) is 14.9 Å². The molecule has 5 nitrogen and oxygen atoms in total. The maximum Gasteiger partial charge on any atom is 0.170 e. The average molecular weight is 206 g/mol. The molecular weight excluding hydrogens is 192 g/mol. The van der Waals surface area contributed by atoms with Crippen molar-refractivity contribution < 1.29 is 4.52 Å². The number of aromatic nitrogens is 3. The predicted molar refractivity (Wildman–Crippen MR) is 56.0 cm³/mol. The van der Waals surface area contributed by atoms with Crippen LogP contribution in [-0.2, 0) is 13.1 Å². The summed E-state index contributed by atoms with van der Waals surface area (Å²) in [4.78, 5) is 0. The van der Waals surface area contributed by atoms with Crippen molar-refractivity contribution in [2.75, 3.05) is 0 Å². The van der Waals surface area contributed by atoms with E-state index in [1.54, 1.807) is 6.20 Å². The van der Waals surface area contributed by atoms with Crippen molar-refractivity contribution in [3.63, 3.8) is 0 Å². The molecule has 2 heterocycles. The van der Waals surface area contributed by atoms with Crippen LogP contribution in [0.25, 0.3) is 11.3 Å². The standard InChI is InChI=1S/C10H14N4O/c1-3-14-7(2)9(6-12-14)10-4-8(5-11)13-15-10/h4,6H,3,5,11H2,1-2H3. The van der Waals surface area contributed by atoms with Crippen LogP contribution in [0.2, 0.25) is 0 Å². The summed E-state index contributed by atoms with van der Waals surface area (Å²) in [5.74, 6) is 0.729. The van der Waals surface area contributed by atoms with E-state index in [1.165, 1.54) is 0 Å². The Morgan fingerprint density at radius 1 is 1.53 bits per heavy atom. The first-order valence-electron chi connectivity index (χ1n) is 4.94. The molecule has 0 aliphatic heterocycles. The molecular formula is C10H14N4O. The van der Waals surface area contributed by atoms with Crippen LogP contribution in [0, 0.1) is 6.92 Å². The van der Waals surface area contributed by atoms with Crippen LogP contribution in [0.1, 0.15) is 18.3 Å². The van der Waals surface area contributed by atoms with Gasteiger partial charge in [0.25, 0.3) is 0 Å². The molecule has 2 aromatic heterocycles. The molecule has 2 N–H and O–H groups in total. The van der Waals surface area contributed by atoms with Gasteiger partial charge in [-0.05, 0) is 13.8 Å². The van der Waals surface area contributed by atoms with Crippen molar-refractivity contribution in [3.05, 3.63) is 23.7 Å². The second kappa shape index (κ2) is 3.86. The fourth-order valence-electron chi connectivity index (χ4n) is 1.54. The highest BCUT2D eigenvalue weighted by atomic mass is 16.5. The molecule has 2 rings (SSSR count). The Hall–Kier alpha value is -1.62. The average Bonchev–Trinajstić information content (AvgIpc) is 2.83. The largest absolute Gasteiger partial charge is 0.356 e. The van der Waals surface area contributed by atoms with Gasteiger partial charge < -0.3 is 10.3 Å². The Kier molecular flexibility index (Phi) is 2.55.